The zero-order valence-corrected chi connectivity index (χ0v) is 22.5. The molecule has 39 heavy (non-hydrogen) atoms. The monoisotopic (exact) mass is 550 g/mol. The van der Waals surface area contributed by atoms with Gasteiger partial charge in [0.05, 0.1) is 36.1 Å². The number of nitrogens with zero attached hydrogens (tertiary/aromatic N) is 6. The van der Waals surface area contributed by atoms with E-state index in [9.17, 15) is 15.2 Å². The molecular formula is C28H31ClN6O4. The summed E-state index contributed by atoms with van der Waals surface area (Å²) in [6.07, 6.45) is -1.44. The Kier molecular flexibility index (Phi) is 8.04. The predicted molar refractivity (Wildman–Crippen MR) is 146 cm³/mol. The molecule has 3 aromatic rings. The average Bonchev–Trinajstić information content (AvgIpc) is 3.27. The molecule has 0 amide bonds. The fourth-order valence-electron chi connectivity index (χ4n) is 5.40. The summed E-state index contributed by atoms with van der Waals surface area (Å²) in [4.78, 5) is 20.5. The van der Waals surface area contributed by atoms with Crippen LogP contribution < -0.4 is 4.90 Å². The van der Waals surface area contributed by atoms with Crippen molar-refractivity contribution >= 4 is 23.4 Å². The fraction of sp³-hybridized carbons (Fsp3) is 0.393. The van der Waals surface area contributed by atoms with Gasteiger partial charge in [0.1, 0.15) is 6.07 Å². The average molecular weight is 551 g/mol. The van der Waals surface area contributed by atoms with Gasteiger partial charge in [0.25, 0.3) is 0 Å². The molecule has 1 unspecified atom stereocenters. The number of rotatable bonds is 7. The summed E-state index contributed by atoms with van der Waals surface area (Å²) in [6.45, 7) is 6.57. The van der Waals surface area contributed by atoms with Crippen molar-refractivity contribution < 1.29 is 19.8 Å². The summed E-state index contributed by atoms with van der Waals surface area (Å²) in [5.74, 6) is 0. The summed E-state index contributed by atoms with van der Waals surface area (Å²) in [7, 11) is 0. The topological polar surface area (TPSA) is 118 Å². The third kappa shape index (κ3) is 6.02. The Hall–Kier alpha value is -3.62. The number of aliphatic hydroxyl groups excluding tert-OH is 1. The van der Waals surface area contributed by atoms with E-state index in [2.05, 4.69) is 15.9 Å². The van der Waals surface area contributed by atoms with E-state index in [1.807, 2.05) is 54.1 Å². The van der Waals surface area contributed by atoms with Crippen LogP contribution in [0, 0.1) is 18.3 Å². The van der Waals surface area contributed by atoms with Gasteiger partial charge >= 0.3 is 6.16 Å². The first-order chi connectivity index (χ1) is 18.8. The fourth-order valence-corrected chi connectivity index (χ4v) is 5.52. The molecular weight excluding hydrogens is 520 g/mol. The normalized spacial score (nSPS) is 16.9. The van der Waals surface area contributed by atoms with Gasteiger partial charge in [-0.25, -0.2) is 4.79 Å². The third-order valence-electron chi connectivity index (χ3n) is 7.33. The van der Waals surface area contributed by atoms with Crippen LogP contribution in [0.25, 0.3) is 11.3 Å². The van der Waals surface area contributed by atoms with E-state index in [0.29, 0.717) is 36.6 Å². The molecule has 2 N–H and O–H groups in total. The minimum atomic E-state index is -1.35. The van der Waals surface area contributed by atoms with Crippen molar-refractivity contribution in [2.24, 2.45) is 0 Å². The number of aryl methyl sites for hydroxylation is 1. The van der Waals surface area contributed by atoms with Crippen LogP contribution in [-0.4, -0.2) is 81.5 Å². The minimum absolute atomic E-state index is 0.279. The van der Waals surface area contributed by atoms with E-state index < -0.39 is 12.3 Å². The van der Waals surface area contributed by atoms with Crippen molar-refractivity contribution in [1.82, 2.24) is 19.7 Å². The number of para-hydroxylation sites is 1. The standard InChI is InChI=1S/C28H31ClN6O4/c1-19-14-20(6-7-24(19)29)27-23-18-34(39-28(37)38)9-8-26(23)35(31-27)17-22(36)16-32-10-12-33(13-11-32)25-5-3-2-4-21(25)15-30/h2-7,14,22,36H,8-13,16-18H2,1H3,(H,37,38). The van der Waals surface area contributed by atoms with Crippen LogP contribution >= 0.6 is 11.6 Å². The smallest absolute Gasteiger partial charge is 0.448 e. The number of carbonyl (C=O) groups is 1. The molecule has 0 bridgehead atoms. The van der Waals surface area contributed by atoms with Crippen molar-refractivity contribution in [2.45, 2.75) is 32.5 Å². The molecule has 0 saturated carbocycles. The molecule has 204 valence electrons. The number of piperazine rings is 1. The van der Waals surface area contributed by atoms with Crippen molar-refractivity contribution in [1.29, 1.82) is 5.26 Å². The van der Waals surface area contributed by atoms with Crippen molar-refractivity contribution in [3.05, 3.63) is 69.9 Å². The highest BCUT2D eigenvalue weighted by atomic mass is 35.5. The lowest BCUT2D eigenvalue weighted by Gasteiger charge is -2.37. The van der Waals surface area contributed by atoms with Crippen molar-refractivity contribution in [3.8, 4) is 17.3 Å². The number of halogens is 1. The van der Waals surface area contributed by atoms with Gasteiger partial charge in [-0.05, 0) is 36.8 Å². The number of β-amino-alcohol motifs (C(OH)–C–C–N with tert-alkyl or cyclic N) is 1. The van der Waals surface area contributed by atoms with Gasteiger partial charge in [-0.15, -0.1) is 5.06 Å². The quantitative estimate of drug-likeness (QED) is 0.455. The first-order valence-corrected chi connectivity index (χ1v) is 13.4. The number of hydrogen-bond acceptors (Lipinski definition) is 8. The third-order valence-corrected chi connectivity index (χ3v) is 7.75. The van der Waals surface area contributed by atoms with Crippen LogP contribution in [0.5, 0.6) is 0 Å². The van der Waals surface area contributed by atoms with Crippen LogP contribution in [0.3, 0.4) is 0 Å². The van der Waals surface area contributed by atoms with E-state index in [1.165, 1.54) is 5.06 Å². The number of carboxylic acid groups (broad SMARTS) is 1. The Morgan fingerprint density at radius 2 is 1.92 bits per heavy atom. The van der Waals surface area contributed by atoms with Gasteiger partial charge in [0, 0.05) is 67.5 Å². The lowest BCUT2D eigenvalue weighted by atomic mass is 10.0. The highest BCUT2D eigenvalue weighted by molar-refractivity contribution is 6.31. The number of fused-ring (bicyclic) bond motifs is 1. The molecule has 2 aliphatic rings. The highest BCUT2D eigenvalue weighted by Gasteiger charge is 2.29. The van der Waals surface area contributed by atoms with Gasteiger partial charge in [0.2, 0.25) is 0 Å². The molecule has 0 radical (unpaired) electrons. The summed E-state index contributed by atoms with van der Waals surface area (Å²) >= 11 is 6.24. The molecule has 0 aliphatic carbocycles. The molecule has 1 aromatic heterocycles. The molecule has 2 aliphatic heterocycles. The molecule has 11 heteroatoms. The summed E-state index contributed by atoms with van der Waals surface area (Å²) in [6, 6.07) is 15.6. The van der Waals surface area contributed by atoms with E-state index >= 15 is 0 Å². The van der Waals surface area contributed by atoms with E-state index in [4.69, 9.17) is 26.6 Å². The van der Waals surface area contributed by atoms with Gasteiger partial charge in [-0.2, -0.15) is 10.4 Å². The summed E-state index contributed by atoms with van der Waals surface area (Å²) in [5.41, 5.74) is 6.03. The molecule has 3 heterocycles. The van der Waals surface area contributed by atoms with Gasteiger partial charge < -0.3 is 20.0 Å². The highest BCUT2D eigenvalue weighted by Crippen LogP contribution is 2.32. The number of aromatic nitrogens is 2. The number of aliphatic hydroxyl groups is 1. The number of benzene rings is 2. The summed E-state index contributed by atoms with van der Waals surface area (Å²) in [5, 5.41) is 36.5. The van der Waals surface area contributed by atoms with Crippen LogP contribution in [-0.2, 0) is 24.3 Å². The maximum Gasteiger partial charge on any atom is 0.525 e. The Labute approximate surface area is 232 Å². The number of hydroxylamine groups is 2. The zero-order valence-electron chi connectivity index (χ0n) is 21.8. The largest absolute Gasteiger partial charge is 0.525 e. The predicted octanol–water partition coefficient (Wildman–Crippen LogP) is 3.53. The van der Waals surface area contributed by atoms with Crippen LogP contribution in [0.15, 0.2) is 42.5 Å². The maximum absolute atomic E-state index is 11.1. The van der Waals surface area contributed by atoms with Crippen LogP contribution in [0.1, 0.15) is 22.4 Å². The molecule has 1 fully saturated rings. The Bertz CT molecular complexity index is 1400. The Morgan fingerprint density at radius 3 is 2.64 bits per heavy atom. The van der Waals surface area contributed by atoms with E-state index in [-0.39, 0.29) is 6.54 Å². The second kappa shape index (κ2) is 11.6. The van der Waals surface area contributed by atoms with Gasteiger partial charge in [-0.3, -0.25) is 9.58 Å². The van der Waals surface area contributed by atoms with Gasteiger partial charge in [-0.1, -0.05) is 29.8 Å². The molecule has 1 saturated heterocycles. The molecule has 10 nitrogen and oxygen atoms in total. The maximum atomic E-state index is 11.1. The second-order valence-electron chi connectivity index (χ2n) is 9.96. The van der Waals surface area contributed by atoms with Crippen molar-refractivity contribution in [2.75, 3.05) is 44.2 Å². The lowest BCUT2D eigenvalue weighted by molar-refractivity contribution is -0.129. The van der Waals surface area contributed by atoms with E-state index in [1.54, 1.807) is 0 Å². The molecule has 5 rings (SSSR count). The number of anilines is 1. The van der Waals surface area contributed by atoms with Crippen molar-refractivity contribution in [3.63, 3.8) is 0 Å². The Morgan fingerprint density at radius 1 is 1.15 bits per heavy atom. The SMILES string of the molecule is Cc1cc(-c2nn(CC(O)CN3CCN(c4ccccc4C#N)CC3)c3c2CN(OC(=O)O)CC3)ccc1Cl. The first kappa shape index (κ1) is 27.0. The lowest BCUT2D eigenvalue weighted by Crippen LogP contribution is -2.49. The van der Waals surface area contributed by atoms with Crippen LogP contribution in [0.4, 0.5) is 10.5 Å². The van der Waals surface area contributed by atoms with E-state index in [0.717, 1.165) is 59.9 Å². The molecule has 0 spiro atoms. The first-order valence-electron chi connectivity index (χ1n) is 13.0. The number of hydrogen-bond donors (Lipinski definition) is 2. The van der Waals surface area contributed by atoms with Crippen LogP contribution in [0.2, 0.25) is 5.02 Å². The number of nitriles is 1. The Balaban J connectivity index is 1.29. The second-order valence-corrected chi connectivity index (χ2v) is 10.4. The summed E-state index contributed by atoms with van der Waals surface area (Å²) < 4.78 is 1.86. The van der Waals surface area contributed by atoms with Gasteiger partial charge in [0.15, 0.2) is 0 Å². The molecule has 2 aromatic carbocycles. The minimum Gasteiger partial charge on any atom is -0.448 e. The molecule has 1 atom stereocenters. The zero-order chi connectivity index (χ0) is 27.5.